The van der Waals surface area contributed by atoms with Crippen molar-refractivity contribution in [3.8, 4) is 6.07 Å². The van der Waals surface area contributed by atoms with Gasteiger partial charge in [0.1, 0.15) is 5.41 Å². The molecule has 1 unspecified atom stereocenters. The molecule has 1 heterocycles. The smallest absolute Gasteiger partial charge is 0.316 e. The van der Waals surface area contributed by atoms with Crippen molar-refractivity contribution in [2.45, 2.75) is 26.3 Å². The number of hydrogen-bond donors (Lipinski definition) is 0. The molecule has 1 amide bonds. The van der Waals surface area contributed by atoms with Crippen LogP contribution in [0.2, 0.25) is 0 Å². The van der Waals surface area contributed by atoms with Gasteiger partial charge < -0.3 is 9.64 Å². The maximum atomic E-state index is 13.2. The van der Waals surface area contributed by atoms with E-state index in [0.29, 0.717) is 19.4 Å². The fraction of sp³-hybridized carbons (Fsp3) is 0.450. The third-order valence-corrected chi connectivity index (χ3v) is 5.52. The summed E-state index contributed by atoms with van der Waals surface area (Å²) in [6, 6.07) is 11.8. The maximum absolute atomic E-state index is 13.2. The SMILES string of the molecule is C=CC1C[C@]2(C(=O)OCC)CN(Cc3ccccc3)C(=O)[C@]2(C#N)C1. The summed E-state index contributed by atoms with van der Waals surface area (Å²) in [5, 5.41) is 9.94. The molecule has 2 fully saturated rings. The van der Waals surface area contributed by atoms with Gasteiger partial charge in [0.25, 0.3) is 0 Å². The third kappa shape index (κ3) is 2.44. The number of amides is 1. The van der Waals surface area contributed by atoms with E-state index in [1.807, 2.05) is 30.3 Å². The predicted molar refractivity (Wildman–Crippen MR) is 91.9 cm³/mol. The number of fused-ring (bicyclic) bond motifs is 1. The minimum Gasteiger partial charge on any atom is -0.465 e. The molecule has 5 heteroatoms. The fourth-order valence-electron chi connectivity index (χ4n) is 4.33. The molecule has 1 aliphatic carbocycles. The van der Waals surface area contributed by atoms with Gasteiger partial charge in [0.15, 0.2) is 5.41 Å². The lowest BCUT2D eigenvalue weighted by Crippen LogP contribution is -2.44. The van der Waals surface area contributed by atoms with Crippen molar-refractivity contribution >= 4 is 11.9 Å². The molecule has 3 rings (SSSR count). The van der Waals surface area contributed by atoms with Gasteiger partial charge in [-0.1, -0.05) is 36.4 Å². The molecule has 0 radical (unpaired) electrons. The van der Waals surface area contributed by atoms with Gasteiger partial charge in [-0.15, -0.1) is 6.58 Å². The van der Waals surface area contributed by atoms with E-state index >= 15 is 0 Å². The van der Waals surface area contributed by atoms with Crippen molar-refractivity contribution in [2.24, 2.45) is 16.7 Å². The molecular formula is C20H22N2O3. The van der Waals surface area contributed by atoms with E-state index in [4.69, 9.17) is 4.74 Å². The fourth-order valence-corrected chi connectivity index (χ4v) is 4.33. The van der Waals surface area contributed by atoms with Crippen molar-refractivity contribution in [2.75, 3.05) is 13.2 Å². The Morgan fingerprint density at radius 2 is 2.16 bits per heavy atom. The number of benzene rings is 1. The molecule has 5 nitrogen and oxygen atoms in total. The molecular weight excluding hydrogens is 316 g/mol. The standard InChI is InChI=1S/C20H22N2O3/c1-3-15-10-19(13-21)17(23)22(12-16-8-6-5-7-9-16)14-20(19,11-15)18(24)25-4-2/h3,5-9,15H,1,4,10-12,14H2,2H3/t15?,19-,20-/m1/s1. The molecule has 130 valence electrons. The number of nitrogens with zero attached hydrogens (tertiary/aromatic N) is 2. The van der Waals surface area contributed by atoms with E-state index < -0.39 is 16.8 Å². The van der Waals surface area contributed by atoms with Crippen molar-refractivity contribution in [3.05, 3.63) is 48.6 Å². The summed E-state index contributed by atoms with van der Waals surface area (Å²) >= 11 is 0. The Labute approximate surface area is 147 Å². The number of carbonyl (C=O) groups excluding carboxylic acids is 2. The molecule has 2 aliphatic rings. The van der Waals surface area contributed by atoms with E-state index in [1.54, 1.807) is 17.9 Å². The van der Waals surface area contributed by atoms with Crippen molar-refractivity contribution in [3.63, 3.8) is 0 Å². The summed E-state index contributed by atoms with van der Waals surface area (Å²) in [5.74, 6) is -0.743. The number of esters is 1. The van der Waals surface area contributed by atoms with Gasteiger partial charge in [0.05, 0.1) is 12.7 Å². The van der Waals surface area contributed by atoms with Crippen LogP contribution in [-0.4, -0.2) is 29.9 Å². The quantitative estimate of drug-likeness (QED) is 0.611. The van der Waals surface area contributed by atoms with E-state index in [-0.39, 0.29) is 25.0 Å². The number of allylic oxidation sites excluding steroid dienone is 1. The molecule has 0 N–H and O–H groups in total. The Bertz CT molecular complexity index is 739. The van der Waals surface area contributed by atoms with Crippen LogP contribution in [0.15, 0.2) is 43.0 Å². The lowest BCUT2D eigenvalue weighted by atomic mass is 9.68. The Hall–Kier alpha value is -2.61. The van der Waals surface area contributed by atoms with Crippen LogP contribution in [0.3, 0.4) is 0 Å². The number of ether oxygens (including phenoxy) is 1. The van der Waals surface area contributed by atoms with Gasteiger partial charge in [0.2, 0.25) is 5.91 Å². The Morgan fingerprint density at radius 1 is 1.44 bits per heavy atom. The second-order valence-corrected chi connectivity index (χ2v) is 6.87. The number of likely N-dealkylation sites (tertiary alicyclic amines) is 1. The van der Waals surface area contributed by atoms with Crippen LogP contribution < -0.4 is 0 Å². The molecule has 0 bridgehead atoms. The van der Waals surface area contributed by atoms with Crippen LogP contribution in [0.1, 0.15) is 25.3 Å². The van der Waals surface area contributed by atoms with E-state index in [9.17, 15) is 14.9 Å². The molecule has 0 aromatic heterocycles. The zero-order valence-corrected chi connectivity index (χ0v) is 14.4. The van der Waals surface area contributed by atoms with Gasteiger partial charge in [-0.2, -0.15) is 5.26 Å². The summed E-state index contributed by atoms with van der Waals surface area (Å²) in [5.41, 5.74) is -1.49. The zero-order valence-electron chi connectivity index (χ0n) is 14.4. The van der Waals surface area contributed by atoms with Crippen LogP contribution in [0, 0.1) is 28.1 Å². The highest BCUT2D eigenvalue weighted by Gasteiger charge is 2.72. The van der Waals surface area contributed by atoms with Gasteiger partial charge in [-0.25, -0.2) is 0 Å². The average molecular weight is 338 g/mol. The van der Waals surface area contributed by atoms with Crippen LogP contribution in [0.4, 0.5) is 0 Å². The average Bonchev–Trinajstić information content (AvgIpc) is 3.07. The highest BCUT2D eigenvalue weighted by atomic mass is 16.5. The molecule has 1 aliphatic heterocycles. The van der Waals surface area contributed by atoms with Crippen LogP contribution in [-0.2, 0) is 20.9 Å². The molecule has 0 spiro atoms. The normalized spacial score (nSPS) is 30.6. The van der Waals surface area contributed by atoms with Gasteiger partial charge >= 0.3 is 5.97 Å². The Balaban J connectivity index is 2.00. The maximum Gasteiger partial charge on any atom is 0.316 e. The van der Waals surface area contributed by atoms with Gasteiger partial charge in [0, 0.05) is 13.1 Å². The van der Waals surface area contributed by atoms with Crippen LogP contribution in [0.5, 0.6) is 0 Å². The summed E-state index contributed by atoms with van der Waals surface area (Å²) in [6.45, 7) is 6.38. The van der Waals surface area contributed by atoms with Crippen LogP contribution in [0.25, 0.3) is 0 Å². The summed E-state index contributed by atoms with van der Waals surface area (Å²) < 4.78 is 5.29. The minimum atomic E-state index is -1.35. The zero-order chi connectivity index (χ0) is 18.1. The lowest BCUT2D eigenvalue weighted by Gasteiger charge is -2.29. The molecule has 1 aromatic carbocycles. The minimum absolute atomic E-state index is 0.0353. The third-order valence-electron chi connectivity index (χ3n) is 5.52. The molecule has 1 saturated heterocycles. The first-order valence-electron chi connectivity index (χ1n) is 8.57. The summed E-state index contributed by atoms with van der Waals surface area (Å²) in [4.78, 5) is 27.6. The Morgan fingerprint density at radius 3 is 2.76 bits per heavy atom. The first-order valence-corrected chi connectivity index (χ1v) is 8.57. The van der Waals surface area contributed by atoms with Crippen molar-refractivity contribution in [1.82, 2.24) is 4.90 Å². The molecule has 1 saturated carbocycles. The highest BCUT2D eigenvalue weighted by molar-refractivity contribution is 5.98. The summed E-state index contributed by atoms with van der Waals surface area (Å²) in [7, 11) is 0. The molecule has 3 atom stereocenters. The first kappa shape index (κ1) is 17.2. The predicted octanol–water partition coefficient (Wildman–Crippen LogP) is 2.68. The van der Waals surface area contributed by atoms with Crippen molar-refractivity contribution in [1.29, 1.82) is 5.26 Å². The molecule has 25 heavy (non-hydrogen) atoms. The number of nitriles is 1. The second-order valence-electron chi connectivity index (χ2n) is 6.87. The number of rotatable bonds is 5. The number of hydrogen-bond acceptors (Lipinski definition) is 4. The van der Waals surface area contributed by atoms with E-state index in [2.05, 4.69) is 12.6 Å². The molecule has 1 aromatic rings. The van der Waals surface area contributed by atoms with Crippen LogP contribution >= 0.6 is 0 Å². The lowest BCUT2D eigenvalue weighted by molar-refractivity contribution is -0.159. The van der Waals surface area contributed by atoms with Gasteiger partial charge in [-0.3, -0.25) is 9.59 Å². The first-order chi connectivity index (χ1) is 12.0. The second kappa shape index (κ2) is 6.36. The monoisotopic (exact) mass is 338 g/mol. The Kier molecular flexibility index (Phi) is 4.38. The highest BCUT2D eigenvalue weighted by Crippen LogP contribution is 2.61. The van der Waals surface area contributed by atoms with Gasteiger partial charge in [-0.05, 0) is 31.2 Å². The topological polar surface area (TPSA) is 70.4 Å². The van der Waals surface area contributed by atoms with E-state index in [1.165, 1.54) is 0 Å². The van der Waals surface area contributed by atoms with Crippen molar-refractivity contribution < 1.29 is 14.3 Å². The number of carbonyl (C=O) groups is 2. The summed E-state index contributed by atoms with van der Waals surface area (Å²) in [6.07, 6.45) is 2.50. The largest absolute Gasteiger partial charge is 0.465 e. The van der Waals surface area contributed by atoms with E-state index in [0.717, 1.165) is 5.56 Å².